The number of hydrogen-bond donors (Lipinski definition) is 5. The Balaban J connectivity index is 1.73. The molecule has 3 aliphatic heterocycles. The monoisotopic (exact) mass is 241 g/mol. The standard InChI is InChI=1S/C10H19N5O2/c11-9-8-10(13-4-12-9)15(5-14-8)7-2-1-6(3-16)17-7/h6-7,9,12-14,16H,1-5,11H2/t6?,7-,9?/m1/s1. The zero-order valence-corrected chi connectivity index (χ0v) is 9.65. The molecular weight excluding hydrogens is 222 g/mol. The quantitative estimate of drug-likeness (QED) is 0.380. The summed E-state index contributed by atoms with van der Waals surface area (Å²) in [6, 6.07) is 0. The lowest BCUT2D eigenvalue weighted by Crippen LogP contribution is -2.52. The van der Waals surface area contributed by atoms with Crippen LogP contribution in [-0.2, 0) is 4.74 Å². The van der Waals surface area contributed by atoms with Crippen LogP contribution in [0.25, 0.3) is 0 Å². The maximum atomic E-state index is 9.08. The second-order valence-corrected chi connectivity index (χ2v) is 4.57. The first-order valence-electron chi connectivity index (χ1n) is 6.03. The fraction of sp³-hybridized carbons (Fsp3) is 0.800. The minimum atomic E-state index is -0.147. The van der Waals surface area contributed by atoms with Crippen molar-refractivity contribution in [1.29, 1.82) is 0 Å². The molecule has 0 aromatic carbocycles. The summed E-state index contributed by atoms with van der Waals surface area (Å²) < 4.78 is 5.78. The van der Waals surface area contributed by atoms with Gasteiger partial charge < -0.3 is 31.1 Å². The van der Waals surface area contributed by atoms with E-state index in [0.29, 0.717) is 13.3 Å². The summed E-state index contributed by atoms with van der Waals surface area (Å²) in [6.45, 7) is 1.46. The van der Waals surface area contributed by atoms with Crippen molar-refractivity contribution < 1.29 is 9.84 Å². The Labute approximate surface area is 100.0 Å². The van der Waals surface area contributed by atoms with E-state index in [1.54, 1.807) is 0 Å². The van der Waals surface area contributed by atoms with Crippen LogP contribution in [-0.4, -0.2) is 48.4 Å². The largest absolute Gasteiger partial charge is 0.394 e. The van der Waals surface area contributed by atoms with Gasteiger partial charge in [-0.3, -0.25) is 5.32 Å². The number of aliphatic hydroxyl groups is 1. The van der Waals surface area contributed by atoms with Gasteiger partial charge in [0.25, 0.3) is 0 Å². The van der Waals surface area contributed by atoms with E-state index in [2.05, 4.69) is 20.9 Å². The summed E-state index contributed by atoms with van der Waals surface area (Å²) >= 11 is 0. The van der Waals surface area contributed by atoms with Crippen molar-refractivity contribution >= 4 is 0 Å². The van der Waals surface area contributed by atoms with Crippen molar-refractivity contribution in [3.05, 3.63) is 11.5 Å². The Morgan fingerprint density at radius 2 is 2.29 bits per heavy atom. The molecule has 7 nitrogen and oxygen atoms in total. The number of hydrogen-bond acceptors (Lipinski definition) is 7. The van der Waals surface area contributed by atoms with Gasteiger partial charge in [-0.15, -0.1) is 0 Å². The molecule has 0 radical (unpaired) electrons. The van der Waals surface area contributed by atoms with Gasteiger partial charge in [-0.05, 0) is 12.8 Å². The molecule has 17 heavy (non-hydrogen) atoms. The average molecular weight is 241 g/mol. The summed E-state index contributed by atoms with van der Waals surface area (Å²) in [7, 11) is 0. The zero-order valence-electron chi connectivity index (χ0n) is 9.65. The van der Waals surface area contributed by atoms with Gasteiger partial charge in [0.05, 0.1) is 31.7 Å². The molecule has 0 aromatic rings. The molecule has 0 spiro atoms. The van der Waals surface area contributed by atoms with Crippen LogP contribution in [0.15, 0.2) is 11.5 Å². The Hall–Kier alpha value is -1.02. The summed E-state index contributed by atoms with van der Waals surface area (Å²) in [5, 5.41) is 18.8. The van der Waals surface area contributed by atoms with E-state index in [1.807, 2.05) is 0 Å². The first kappa shape index (κ1) is 11.1. The van der Waals surface area contributed by atoms with Crippen molar-refractivity contribution in [3.8, 4) is 0 Å². The zero-order chi connectivity index (χ0) is 11.8. The van der Waals surface area contributed by atoms with Crippen LogP contribution in [0, 0.1) is 0 Å². The average Bonchev–Trinajstić information content (AvgIpc) is 2.94. The Morgan fingerprint density at radius 1 is 1.41 bits per heavy atom. The van der Waals surface area contributed by atoms with Crippen LogP contribution in [0.5, 0.6) is 0 Å². The minimum Gasteiger partial charge on any atom is -0.394 e. The topological polar surface area (TPSA) is 94.8 Å². The third kappa shape index (κ3) is 1.85. The first-order valence-corrected chi connectivity index (χ1v) is 6.03. The summed E-state index contributed by atoms with van der Waals surface area (Å²) in [5.74, 6) is 1.03. The lowest BCUT2D eigenvalue weighted by atomic mass is 10.2. The second kappa shape index (κ2) is 4.34. The third-order valence-electron chi connectivity index (χ3n) is 3.51. The molecule has 3 atom stereocenters. The van der Waals surface area contributed by atoms with E-state index in [9.17, 15) is 0 Å². The number of ether oxygens (including phenoxy) is 1. The molecule has 0 bridgehead atoms. The maximum Gasteiger partial charge on any atom is 0.133 e. The van der Waals surface area contributed by atoms with Crippen molar-refractivity contribution in [1.82, 2.24) is 20.9 Å². The van der Waals surface area contributed by atoms with Gasteiger partial charge in [0.15, 0.2) is 0 Å². The van der Waals surface area contributed by atoms with Gasteiger partial charge in [-0.2, -0.15) is 0 Å². The Morgan fingerprint density at radius 3 is 3.06 bits per heavy atom. The van der Waals surface area contributed by atoms with Crippen molar-refractivity contribution in [2.24, 2.45) is 5.73 Å². The van der Waals surface area contributed by atoms with E-state index >= 15 is 0 Å². The molecule has 7 heteroatoms. The van der Waals surface area contributed by atoms with Crippen molar-refractivity contribution in [2.75, 3.05) is 19.9 Å². The molecule has 3 heterocycles. The van der Waals surface area contributed by atoms with Crippen LogP contribution in [0.2, 0.25) is 0 Å². The molecular formula is C10H19N5O2. The smallest absolute Gasteiger partial charge is 0.133 e. The lowest BCUT2D eigenvalue weighted by Gasteiger charge is -2.31. The number of nitrogens with two attached hydrogens (primary N) is 1. The Kier molecular flexibility index (Phi) is 2.83. The highest BCUT2D eigenvalue weighted by Crippen LogP contribution is 2.28. The van der Waals surface area contributed by atoms with Gasteiger partial charge in [0.2, 0.25) is 0 Å². The van der Waals surface area contributed by atoms with E-state index in [1.165, 1.54) is 0 Å². The molecule has 0 aromatic heterocycles. The van der Waals surface area contributed by atoms with Crippen molar-refractivity contribution in [3.63, 3.8) is 0 Å². The molecule has 1 fully saturated rings. The molecule has 0 amide bonds. The van der Waals surface area contributed by atoms with Gasteiger partial charge in [0, 0.05) is 0 Å². The van der Waals surface area contributed by atoms with E-state index in [4.69, 9.17) is 15.6 Å². The van der Waals surface area contributed by atoms with Gasteiger partial charge in [-0.25, -0.2) is 0 Å². The summed E-state index contributed by atoms with van der Waals surface area (Å²) in [6.07, 6.45) is 1.70. The number of rotatable bonds is 2. The summed E-state index contributed by atoms with van der Waals surface area (Å²) in [5.41, 5.74) is 6.95. The van der Waals surface area contributed by atoms with Crippen LogP contribution in [0.3, 0.4) is 0 Å². The third-order valence-corrected chi connectivity index (χ3v) is 3.51. The lowest BCUT2D eigenvalue weighted by molar-refractivity contribution is -0.0549. The van der Waals surface area contributed by atoms with E-state index < -0.39 is 0 Å². The molecule has 6 N–H and O–H groups in total. The van der Waals surface area contributed by atoms with Crippen LogP contribution in [0.4, 0.5) is 0 Å². The SMILES string of the molecule is NC1NCNC2=C1NCN2[C@H]1CCC(CO)O1. The Bertz CT molecular complexity index is 335. The highest BCUT2D eigenvalue weighted by atomic mass is 16.5. The molecule has 0 saturated carbocycles. The first-order chi connectivity index (χ1) is 8.29. The highest BCUT2D eigenvalue weighted by Gasteiger charge is 2.37. The normalized spacial score (nSPS) is 36.8. The van der Waals surface area contributed by atoms with Crippen LogP contribution < -0.4 is 21.7 Å². The van der Waals surface area contributed by atoms with Crippen LogP contribution >= 0.6 is 0 Å². The fourth-order valence-corrected chi connectivity index (χ4v) is 2.58. The molecule has 0 aliphatic carbocycles. The molecule has 3 rings (SSSR count). The number of nitrogens with one attached hydrogen (secondary N) is 3. The van der Waals surface area contributed by atoms with E-state index in [-0.39, 0.29) is 25.1 Å². The summed E-state index contributed by atoms with van der Waals surface area (Å²) in [4.78, 5) is 2.14. The van der Waals surface area contributed by atoms with Crippen molar-refractivity contribution in [2.45, 2.75) is 31.3 Å². The highest BCUT2D eigenvalue weighted by molar-refractivity contribution is 5.22. The van der Waals surface area contributed by atoms with Gasteiger partial charge >= 0.3 is 0 Å². The number of nitrogens with zero attached hydrogens (tertiary/aromatic N) is 1. The second-order valence-electron chi connectivity index (χ2n) is 4.57. The fourth-order valence-electron chi connectivity index (χ4n) is 2.58. The number of aliphatic hydroxyl groups excluding tert-OH is 1. The van der Waals surface area contributed by atoms with E-state index in [0.717, 1.165) is 24.4 Å². The predicted octanol–water partition coefficient (Wildman–Crippen LogP) is -2.05. The minimum absolute atomic E-state index is 0.0277. The van der Waals surface area contributed by atoms with Gasteiger partial charge in [0.1, 0.15) is 18.2 Å². The van der Waals surface area contributed by atoms with Crippen LogP contribution in [0.1, 0.15) is 12.8 Å². The maximum absolute atomic E-state index is 9.08. The predicted molar refractivity (Wildman–Crippen MR) is 61.0 cm³/mol. The molecule has 1 saturated heterocycles. The molecule has 96 valence electrons. The molecule has 2 unspecified atom stereocenters. The molecule has 3 aliphatic rings. The van der Waals surface area contributed by atoms with Gasteiger partial charge in [-0.1, -0.05) is 0 Å².